The molecule has 0 heterocycles. The van der Waals surface area contributed by atoms with Crippen LogP contribution >= 0.6 is 11.6 Å². The average Bonchev–Trinajstić information content (AvgIpc) is 2.03. The second-order valence-corrected chi connectivity index (χ2v) is 3.59. The predicted octanol–water partition coefficient (Wildman–Crippen LogP) is 2.96. The van der Waals surface area contributed by atoms with Gasteiger partial charge in [-0.3, -0.25) is 0 Å². The van der Waals surface area contributed by atoms with Gasteiger partial charge in [0.25, 0.3) is 0 Å². The van der Waals surface area contributed by atoms with E-state index >= 15 is 0 Å². The summed E-state index contributed by atoms with van der Waals surface area (Å²) in [5, 5.41) is 9.72. The van der Waals surface area contributed by atoms with E-state index in [2.05, 4.69) is 13.8 Å². The van der Waals surface area contributed by atoms with Crippen LogP contribution in [-0.4, -0.2) is 5.11 Å². The fourth-order valence-electron chi connectivity index (χ4n) is 1.27. The zero-order valence-electron chi connectivity index (χ0n) is 7.34. The van der Waals surface area contributed by atoms with E-state index in [9.17, 15) is 0 Å². The molecule has 0 atom stereocenters. The first kappa shape index (κ1) is 9.56. The summed E-state index contributed by atoms with van der Waals surface area (Å²) >= 11 is 5.79. The molecule has 0 unspecified atom stereocenters. The summed E-state index contributed by atoms with van der Waals surface area (Å²) in [6.45, 7) is 4.26. The van der Waals surface area contributed by atoms with Crippen LogP contribution in [0.3, 0.4) is 0 Å². The quantitative estimate of drug-likeness (QED) is 0.750. The van der Waals surface area contributed by atoms with Gasteiger partial charge < -0.3 is 5.11 Å². The normalized spacial score (nSPS) is 10.8. The smallest absolute Gasteiger partial charge is 0.0685 e. The van der Waals surface area contributed by atoms with Crippen LogP contribution in [-0.2, 0) is 6.61 Å². The molecular weight excluding hydrogens is 172 g/mol. The molecule has 2 heteroatoms. The summed E-state index contributed by atoms with van der Waals surface area (Å²) in [6, 6.07) is 5.64. The molecule has 1 aromatic rings. The summed E-state index contributed by atoms with van der Waals surface area (Å²) < 4.78 is 0. The number of rotatable bonds is 2. The molecule has 0 spiro atoms. The van der Waals surface area contributed by atoms with Crippen LogP contribution in [0.1, 0.15) is 30.9 Å². The van der Waals surface area contributed by atoms with Crippen molar-refractivity contribution in [3.63, 3.8) is 0 Å². The number of halogens is 1. The molecule has 0 aliphatic carbocycles. The van der Waals surface area contributed by atoms with E-state index in [1.165, 1.54) is 5.56 Å². The van der Waals surface area contributed by atoms with Crippen molar-refractivity contribution >= 4 is 11.6 Å². The van der Waals surface area contributed by atoms with Gasteiger partial charge in [-0.1, -0.05) is 31.5 Å². The summed E-state index contributed by atoms with van der Waals surface area (Å²) in [7, 11) is 0. The average molecular weight is 185 g/mol. The Morgan fingerprint density at radius 2 is 2.08 bits per heavy atom. The molecule has 0 aliphatic heterocycles. The van der Waals surface area contributed by atoms with E-state index in [1.807, 2.05) is 18.2 Å². The summed E-state index contributed by atoms with van der Waals surface area (Å²) in [5.74, 6) is 0.435. The first-order valence-electron chi connectivity index (χ1n) is 4.04. The van der Waals surface area contributed by atoms with E-state index in [0.717, 1.165) is 5.56 Å². The van der Waals surface area contributed by atoms with Crippen LogP contribution in [0.2, 0.25) is 5.02 Å². The monoisotopic (exact) mass is 184 g/mol. The minimum atomic E-state index is 0.0636. The van der Waals surface area contributed by atoms with Gasteiger partial charge in [-0.05, 0) is 29.2 Å². The lowest BCUT2D eigenvalue weighted by molar-refractivity contribution is 0.280. The maximum Gasteiger partial charge on any atom is 0.0685 e. The molecule has 1 rings (SSSR count). The van der Waals surface area contributed by atoms with Crippen molar-refractivity contribution < 1.29 is 5.11 Å². The standard InChI is InChI=1S/C10H13ClO/c1-7(2)10-4-3-9(11)5-8(10)6-12/h3-5,7,12H,6H2,1-2H3. The van der Waals surface area contributed by atoms with Crippen LogP contribution in [0.4, 0.5) is 0 Å². The third-order valence-corrected chi connectivity index (χ3v) is 2.13. The molecule has 0 bridgehead atoms. The Morgan fingerprint density at radius 3 is 2.58 bits per heavy atom. The van der Waals surface area contributed by atoms with Crippen molar-refractivity contribution in [3.05, 3.63) is 34.3 Å². The maximum atomic E-state index is 9.03. The van der Waals surface area contributed by atoms with Gasteiger partial charge in [0.2, 0.25) is 0 Å². The van der Waals surface area contributed by atoms with Gasteiger partial charge in [-0.25, -0.2) is 0 Å². The molecule has 12 heavy (non-hydrogen) atoms. The Hall–Kier alpha value is -0.530. The third kappa shape index (κ3) is 1.99. The topological polar surface area (TPSA) is 20.2 Å². The second kappa shape index (κ2) is 3.92. The molecule has 0 aromatic heterocycles. The zero-order valence-corrected chi connectivity index (χ0v) is 8.10. The molecule has 0 radical (unpaired) electrons. The molecule has 1 aromatic carbocycles. The Bertz CT molecular complexity index is 269. The van der Waals surface area contributed by atoms with Crippen LogP contribution in [0.15, 0.2) is 18.2 Å². The van der Waals surface area contributed by atoms with E-state index in [-0.39, 0.29) is 6.61 Å². The van der Waals surface area contributed by atoms with Crippen molar-refractivity contribution in [2.45, 2.75) is 26.4 Å². The van der Waals surface area contributed by atoms with Gasteiger partial charge in [0, 0.05) is 5.02 Å². The van der Waals surface area contributed by atoms with Gasteiger partial charge in [0.1, 0.15) is 0 Å². The molecule has 0 saturated heterocycles. The number of aliphatic hydroxyl groups is 1. The number of benzene rings is 1. The van der Waals surface area contributed by atoms with Gasteiger partial charge in [-0.15, -0.1) is 0 Å². The van der Waals surface area contributed by atoms with Gasteiger partial charge in [0.15, 0.2) is 0 Å². The van der Waals surface area contributed by atoms with Crippen molar-refractivity contribution in [1.82, 2.24) is 0 Å². The van der Waals surface area contributed by atoms with Crippen molar-refractivity contribution in [3.8, 4) is 0 Å². The Labute approximate surface area is 78.0 Å². The fraction of sp³-hybridized carbons (Fsp3) is 0.400. The lowest BCUT2D eigenvalue weighted by Gasteiger charge is -2.10. The molecule has 1 nitrogen and oxygen atoms in total. The number of aliphatic hydroxyl groups excluding tert-OH is 1. The maximum absolute atomic E-state index is 9.03. The highest BCUT2D eigenvalue weighted by atomic mass is 35.5. The van der Waals surface area contributed by atoms with Crippen LogP contribution in [0.25, 0.3) is 0 Å². The van der Waals surface area contributed by atoms with Crippen molar-refractivity contribution in [2.75, 3.05) is 0 Å². The molecule has 66 valence electrons. The fourth-order valence-corrected chi connectivity index (χ4v) is 1.47. The van der Waals surface area contributed by atoms with E-state index in [1.54, 1.807) is 0 Å². The summed E-state index contributed by atoms with van der Waals surface area (Å²) in [4.78, 5) is 0. The highest BCUT2D eigenvalue weighted by molar-refractivity contribution is 6.30. The Morgan fingerprint density at radius 1 is 1.42 bits per heavy atom. The van der Waals surface area contributed by atoms with E-state index in [4.69, 9.17) is 16.7 Å². The number of hydrogen-bond donors (Lipinski definition) is 1. The van der Waals surface area contributed by atoms with Gasteiger partial charge >= 0.3 is 0 Å². The number of hydrogen-bond acceptors (Lipinski definition) is 1. The second-order valence-electron chi connectivity index (χ2n) is 3.16. The SMILES string of the molecule is CC(C)c1ccc(Cl)cc1CO. The first-order chi connectivity index (χ1) is 5.65. The van der Waals surface area contributed by atoms with Crippen molar-refractivity contribution in [2.24, 2.45) is 0 Å². The Kier molecular flexibility index (Phi) is 3.12. The molecular formula is C10H13ClO. The molecule has 0 fully saturated rings. The van der Waals surface area contributed by atoms with Crippen molar-refractivity contribution in [1.29, 1.82) is 0 Å². The minimum Gasteiger partial charge on any atom is -0.392 e. The largest absolute Gasteiger partial charge is 0.392 e. The molecule has 1 N–H and O–H groups in total. The van der Waals surface area contributed by atoms with Crippen LogP contribution in [0, 0.1) is 0 Å². The molecule has 0 aliphatic rings. The van der Waals surface area contributed by atoms with Crippen LogP contribution in [0.5, 0.6) is 0 Å². The van der Waals surface area contributed by atoms with Gasteiger partial charge in [0.05, 0.1) is 6.61 Å². The predicted molar refractivity (Wildman–Crippen MR) is 51.5 cm³/mol. The first-order valence-corrected chi connectivity index (χ1v) is 4.42. The molecule has 0 amide bonds. The highest BCUT2D eigenvalue weighted by Gasteiger charge is 2.05. The highest BCUT2D eigenvalue weighted by Crippen LogP contribution is 2.22. The summed E-state index contributed by atoms with van der Waals surface area (Å²) in [6.07, 6.45) is 0. The van der Waals surface area contributed by atoms with E-state index in [0.29, 0.717) is 10.9 Å². The lowest BCUT2D eigenvalue weighted by Crippen LogP contribution is -1.95. The third-order valence-electron chi connectivity index (χ3n) is 1.90. The zero-order chi connectivity index (χ0) is 9.14. The molecule has 0 saturated carbocycles. The van der Waals surface area contributed by atoms with Crippen LogP contribution < -0.4 is 0 Å². The Balaban J connectivity index is 3.11. The van der Waals surface area contributed by atoms with Gasteiger partial charge in [-0.2, -0.15) is 0 Å². The van der Waals surface area contributed by atoms with E-state index < -0.39 is 0 Å². The minimum absolute atomic E-state index is 0.0636. The lowest BCUT2D eigenvalue weighted by atomic mass is 9.98. The summed E-state index contributed by atoms with van der Waals surface area (Å²) in [5.41, 5.74) is 2.10.